The lowest BCUT2D eigenvalue weighted by Gasteiger charge is -2.09. The van der Waals surface area contributed by atoms with E-state index in [1.165, 1.54) is 31.4 Å². The van der Waals surface area contributed by atoms with Gasteiger partial charge >= 0.3 is 0 Å². The lowest BCUT2D eigenvalue weighted by molar-refractivity contribution is -0.123. The number of hydrogen-bond donors (Lipinski definition) is 3. The molecule has 0 aliphatic heterocycles. The number of phenolic OH excluding ortho intramolecular Hbond substituents is 1. The van der Waals surface area contributed by atoms with E-state index in [0.717, 1.165) is 0 Å². The van der Waals surface area contributed by atoms with Crippen LogP contribution in [0.5, 0.6) is 17.2 Å². The highest BCUT2D eigenvalue weighted by Gasteiger charge is 2.08. The Hall–Kier alpha value is -3.22. The van der Waals surface area contributed by atoms with Crippen molar-refractivity contribution >= 4 is 11.8 Å². The van der Waals surface area contributed by atoms with Crippen molar-refractivity contribution in [3.8, 4) is 17.2 Å². The maximum atomic E-state index is 11.8. The minimum Gasteiger partial charge on any atom is -0.508 e. The lowest BCUT2D eigenvalue weighted by atomic mass is 10.2. The Morgan fingerprint density at radius 1 is 1.04 bits per heavy atom. The molecule has 7 nitrogen and oxygen atoms in total. The lowest BCUT2D eigenvalue weighted by Crippen LogP contribution is -2.43. The monoisotopic (exact) mass is 316 g/mol. The highest BCUT2D eigenvalue weighted by Crippen LogP contribution is 2.18. The summed E-state index contributed by atoms with van der Waals surface area (Å²) in [4.78, 5) is 23.4. The zero-order valence-corrected chi connectivity index (χ0v) is 12.4. The molecule has 0 fully saturated rings. The fraction of sp³-hybridized carbons (Fsp3) is 0.125. The fourth-order valence-corrected chi connectivity index (χ4v) is 1.69. The molecule has 0 radical (unpaired) electrons. The van der Waals surface area contributed by atoms with Crippen LogP contribution in [-0.4, -0.2) is 30.6 Å². The van der Waals surface area contributed by atoms with Crippen molar-refractivity contribution in [3.05, 3.63) is 54.1 Å². The van der Waals surface area contributed by atoms with Crippen LogP contribution < -0.4 is 20.3 Å². The average molecular weight is 316 g/mol. The normalized spacial score (nSPS) is 9.78. The van der Waals surface area contributed by atoms with Gasteiger partial charge < -0.3 is 14.6 Å². The molecule has 2 aromatic carbocycles. The average Bonchev–Trinajstić information content (AvgIpc) is 2.58. The molecular weight excluding hydrogens is 300 g/mol. The van der Waals surface area contributed by atoms with Crippen LogP contribution in [0, 0.1) is 0 Å². The molecule has 0 heterocycles. The maximum absolute atomic E-state index is 11.8. The number of carbonyl (C=O) groups excluding carboxylic acids is 2. The van der Waals surface area contributed by atoms with Crippen LogP contribution in [0.3, 0.4) is 0 Å². The number of benzene rings is 2. The highest BCUT2D eigenvalue weighted by atomic mass is 16.5. The fourth-order valence-electron chi connectivity index (χ4n) is 1.69. The van der Waals surface area contributed by atoms with Crippen molar-refractivity contribution in [2.75, 3.05) is 13.7 Å². The summed E-state index contributed by atoms with van der Waals surface area (Å²) in [6, 6.07) is 12.4. The number of carbonyl (C=O) groups is 2. The molecule has 0 saturated heterocycles. The number of amides is 2. The van der Waals surface area contributed by atoms with E-state index in [4.69, 9.17) is 14.6 Å². The quantitative estimate of drug-likeness (QED) is 0.721. The third-order valence-electron chi connectivity index (χ3n) is 2.86. The number of ether oxygens (including phenoxy) is 2. The summed E-state index contributed by atoms with van der Waals surface area (Å²) in [5.41, 5.74) is 4.79. The van der Waals surface area contributed by atoms with Crippen molar-refractivity contribution in [1.82, 2.24) is 10.9 Å². The van der Waals surface area contributed by atoms with Crippen LogP contribution in [0.25, 0.3) is 0 Å². The molecule has 3 N–H and O–H groups in total. The second-order valence-corrected chi connectivity index (χ2v) is 4.52. The molecule has 0 saturated carbocycles. The summed E-state index contributed by atoms with van der Waals surface area (Å²) in [5, 5.41) is 9.15. The highest BCUT2D eigenvalue weighted by molar-refractivity contribution is 5.95. The van der Waals surface area contributed by atoms with Gasteiger partial charge in [-0.15, -0.1) is 0 Å². The van der Waals surface area contributed by atoms with Gasteiger partial charge in [0.1, 0.15) is 17.2 Å². The molecule has 7 heteroatoms. The van der Waals surface area contributed by atoms with Gasteiger partial charge in [-0.2, -0.15) is 0 Å². The van der Waals surface area contributed by atoms with Crippen LogP contribution in [0.4, 0.5) is 0 Å². The predicted octanol–water partition coefficient (Wildman–Crippen LogP) is 1.24. The van der Waals surface area contributed by atoms with Crippen molar-refractivity contribution in [1.29, 1.82) is 0 Å². The second kappa shape index (κ2) is 7.69. The SMILES string of the molecule is COc1cccc(OCC(=O)NNC(=O)c2ccc(O)cc2)c1. The molecule has 0 aromatic heterocycles. The number of aromatic hydroxyl groups is 1. The number of rotatable bonds is 5. The number of hydrazine groups is 1. The van der Waals surface area contributed by atoms with Crippen LogP contribution in [0.2, 0.25) is 0 Å². The van der Waals surface area contributed by atoms with Crippen LogP contribution in [-0.2, 0) is 4.79 Å². The van der Waals surface area contributed by atoms with Gasteiger partial charge in [-0.1, -0.05) is 6.07 Å². The van der Waals surface area contributed by atoms with Crippen LogP contribution in [0.15, 0.2) is 48.5 Å². The van der Waals surface area contributed by atoms with E-state index in [1.807, 2.05) is 0 Å². The maximum Gasteiger partial charge on any atom is 0.276 e. The topological polar surface area (TPSA) is 96.9 Å². The van der Waals surface area contributed by atoms with Gasteiger partial charge in [0.05, 0.1) is 7.11 Å². The van der Waals surface area contributed by atoms with Gasteiger partial charge in [-0.3, -0.25) is 20.4 Å². The number of methoxy groups -OCH3 is 1. The molecule has 2 amide bonds. The van der Waals surface area contributed by atoms with Gasteiger partial charge in [0.2, 0.25) is 0 Å². The first-order chi connectivity index (χ1) is 11.1. The van der Waals surface area contributed by atoms with Crippen LogP contribution >= 0.6 is 0 Å². The summed E-state index contributed by atoms with van der Waals surface area (Å²) in [5.74, 6) is 0.129. The Morgan fingerprint density at radius 3 is 2.43 bits per heavy atom. The van der Waals surface area contributed by atoms with Gasteiger partial charge in [0.25, 0.3) is 11.8 Å². The van der Waals surface area contributed by atoms with Gasteiger partial charge in [0, 0.05) is 11.6 Å². The molecule has 0 aliphatic carbocycles. The molecule has 0 bridgehead atoms. The van der Waals surface area contributed by atoms with E-state index in [-0.39, 0.29) is 12.4 Å². The van der Waals surface area contributed by atoms with E-state index in [9.17, 15) is 9.59 Å². The summed E-state index contributed by atoms with van der Waals surface area (Å²) >= 11 is 0. The van der Waals surface area contributed by atoms with E-state index < -0.39 is 11.8 Å². The Labute approximate surface area is 132 Å². The molecule has 0 spiro atoms. The Morgan fingerprint density at radius 2 is 1.74 bits per heavy atom. The molecule has 120 valence electrons. The van der Waals surface area contributed by atoms with Gasteiger partial charge in [0.15, 0.2) is 6.61 Å². The molecule has 0 atom stereocenters. The molecule has 2 rings (SSSR count). The van der Waals surface area contributed by atoms with Crippen molar-refractivity contribution in [3.63, 3.8) is 0 Å². The molecule has 23 heavy (non-hydrogen) atoms. The van der Waals surface area contributed by atoms with Gasteiger partial charge in [-0.05, 0) is 36.4 Å². The molecule has 0 aliphatic rings. The predicted molar refractivity (Wildman–Crippen MR) is 82.2 cm³/mol. The van der Waals surface area contributed by atoms with E-state index >= 15 is 0 Å². The van der Waals surface area contributed by atoms with Crippen LogP contribution in [0.1, 0.15) is 10.4 Å². The first-order valence-electron chi connectivity index (χ1n) is 6.73. The summed E-state index contributed by atoms with van der Waals surface area (Å²) in [6.45, 7) is -0.261. The van der Waals surface area contributed by atoms with E-state index in [1.54, 1.807) is 24.3 Å². The largest absolute Gasteiger partial charge is 0.508 e. The number of nitrogens with one attached hydrogen (secondary N) is 2. The molecular formula is C16H16N2O5. The van der Waals surface area contributed by atoms with Gasteiger partial charge in [-0.25, -0.2) is 0 Å². The third kappa shape index (κ3) is 4.92. The summed E-state index contributed by atoms with van der Waals surface area (Å²) < 4.78 is 10.3. The van der Waals surface area contributed by atoms with E-state index in [0.29, 0.717) is 17.1 Å². The smallest absolute Gasteiger partial charge is 0.276 e. The van der Waals surface area contributed by atoms with Crippen molar-refractivity contribution < 1.29 is 24.2 Å². The summed E-state index contributed by atoms with van der Waals surface area (Å²) in [7, 11) is 1.53. The first-order valence-corrected chi connectivity index (χ1v) is 6.73. The minimum absolute atomic E-state index is 0.0530. The minimum atomic E-state index is -0.514. The zero-order chi connectivity index (χ0) is 16.7. The third-order valence-corrected chi connectivity index (χ3v) is 2.86. The Kier molecular flexibility index (Phi) is 5.40. The Balaban J connectivity index is 1.78. The number of hydrogen-bond acceptors (Lipinski definition) is 5. The second-order valence-electron chi connectivity index (χ2n) is 4.52. The van der Waals surface area contributed by atoms with E-state index in [2.05, 4.69) is 10.9 Å². The zero-order valence-electron chi connectivity index (χ0n) is 12.4. The first kappa shape index (κ1) is 16.2. The molecule has 0 unspecified atom stereocenters. The number of phenols is 1. The van der Waals surface area contributed by atoms with Crippen molar-refractivity contribution in [2.24, 2.45) is 0 Å². The standard InChI is InChI=1S/C16H16N2O5/c1-22-13-3-2-4-14(9-13)23-10-15(20)17-18-16(21)11-5-7-12(19)8-6-11/h2-9,19H,10H2,1H3,(H,17,20)(H,18,21). The molecule has 2 aromatic rings. The van der Waals surface area contributed by atoms with Crippen molar-refractivity contribution in [2.45, 2.75) is 0 Å². The summed E-state index contributed by atoms with van der Waals surface area (Å²) in [6.07, 6.45) is 0. The Bertz CT molecular complexity index is 685.